The van der Waals surface area contributed by atoms with Gasteiger partial charge in [-0.25, -0.2) is 13.0 Å². The second kappa shape index (κ2) is 8.30. The summed E-state index contributed by atoms with van der Waals surface area (Å²) in [6.07, 6.45) is 8.01. The molecule has 0 radical (unpaired) electrons. The van der Waals surface area contributed by atoms with Gasteiger partial charge in [-0.1, -0.05) is 18.2 Å². The lowest BCUT2D eigenvalue weighted by Gasteiger charge is -2.08. The highest BCUT2D eigenvalue weighted by Gasteiger charge is 2.16. The van der Waals surface area contributed by atoms with Crippen LogP contribution < -0.4 is 9.29 Å². The SMILES string of the molecule is Cc1c2cc[n+](CCCCCC(=O)NS(C)(=O)=O)cc2c(C)c2c1[nH]c1ccccc12. The summed E-state index contributed by atoms with van der Waals surface area (Å²) in [5.41, 5.74) is 4.90. The van der Waals surface area contributed by atoms with E-state index in [1.165, 1.54) is 38.2 Å². The molecule has 162 valence electrons. The van der Waals surface area contributed by atoms with Crippen LogP contribution in [0, 0.1) is 13.8 Å². The number of fused-ring (bicyclic) bond motifs is 4. The Kier molecular flexibility index (Phi) is 5.71. The van der Waals surface area contributed by atoms with E-state index in [0.717, 1.165) is 31.2 Å². The Balaban J connectivity index is 1.51. The van der Waals surface area contributed by atoms with Crippen molar-refractivity contribution in [1.29, 1.82) is 0 Å². The molecule has 0 bridgehead atoms. The lowest BCUT2D eigenvalue weighted by atomic mass is 9.97. The first-order valence-corrected chi connectivity index (χ1v) is 12.5. The van der Waals surface area contributed by atoms with Crippen LogP contribution in [0.3, 0.4) is 0 Å². The van der Waals surface area contributed by atoms with Gasteiger partial charge in [0, 0.05) is 40.6 Å². The molecule has 2 aromatic carbocycles. The first kappa shape index (κ1) is 21.3. The molecule has 1 amide bonds. The van der Waals surface area contributed by atoms with Crippen molar-refractivity contribution in [1.82, 2.24) is 9.71 Å². The molecule has 0 saturated carbocycles. The number of aromatic amines is 1. The van der Waals surface area contributed by atoms with Crippen molar-refractivity contribution < 1.29 is 17.8 Å². The van der Waals surface area contributed by atoms with Crippen LogP contribution in [0.4, 0.5) is 0 Å². The third-order valence-electron chi connectivity index (χ3n) is 5.90. The van der Waals surface area contributed by atoms with Crippen LogP contribution in [-0.2, 0) is 21.4 Å². The molecule has 4 aromatic rings. The zero-order valence-corrected chi connectivity index (χ0v) is 19.0. The molecule has 0 fully saturated rings. The Bertz CT molecular complexity index is 1400. The minimum absolute atomic E-state index is 0.228. The largest absolute Gasteiger partial charge is 0.354 e. The normalized spacial score (nSPS) is 12.1. The van der Waals surface area contributed by atoms with Crippen molar-refractivity contribution in [2.45, 2.75) is 46.1 Å². The average molecular weight is 439 g/mol. The predicted octanol–water partition coefficient (Wildman–Crippen LogP) is 4.01. The number of H-pyrrole nitrogens is 1. The van der Waals surface area contributed by atoms with Gasteiger partial charge in [0.1, 0.15) is 6.54 Å². The fourth-order valence-electron chi connectivity index (χ4n) is 4.40. The number of aromatic nitrogens is 2. The van der Waals surface area contributed by atoms with Gasteiger partial charge in [0.25, 0.3) is 0 Å². The number of nitrogens with zero attached hydrogens (tertiary/aromatic N) is 1. The van der Waals surface area contributed by atoms with Gasteiger partial charge in [-0.15, -0.1) is 0 Å². The van der Waals surface area contributed by atoms with E-state index in [1.807, 2.05) is 4.72 Å². The van der Waals surface area contributed by atoms with Gasteiger partial charge >= 0.3 is 0 Å². The van der Waals surface area contributed by atoms with Crippen molar-refractivity contribution >= 4 is 48.5 Å². The van der Waals surface area contributed by atoms with Crippen LogP contribution in [0.2, 0.25) is 0 Å². The van der Waals surface area contributed by atoms with E-state index in [4.69, 9.17) is 0 Å². The Morgan fingerprint density at radius 1 is 1.00 bits per heavy atom. The van der Waals surface area contributed by atoms with Crippen LogP contribution in [0.25, 0.3) is 32.6 Å². The standard InChI is InChI=1S/C24H27N3O3S/c1-16-20-15-27(13-8-4-5-11-22(28)26-31(3,29)30)14-12-18(20)17(2)24-23(16)19-9-6-7-10-21(19)25-24/h6-7,9-10,12,14-15H,4-5,8,11,13H2,1-3H3,(H,26,28)/p+1. The number of hydrogen-bond acceptors (Lipinski definition) is 3. The molecule has 2 aromatic heterocycles. The molecule has 0 saturated heterocycles. The highest BCUT2D eigenvalue weighted by Crippen LogP contribution is 2.35. The fourth-order valence-corrected chi connectivity index (χ4v) is 4.92. The Labute approximate surface area is 182 Å². The fraction of sp³-hybridized carbons (Fsp3) is 0.333. The second-order valence-corrected chi connectivity index (χ2v) is 10.0. The second-order valence-electron chi connectivity index (χ2n) is 8.29. The lowest BCUT2D eigenvalue weighted by molar-refractivity contribution is -0.696. The smallest absolute Gasteiger partial charge is 0.233 e. The number of unbranched alkanes of at least 4 members (excludes halogenated alkanes) is 2. The number of nitrogens with one attached hydrogen (secondary N) is 2. The molecule has 2 N–H and O–H groups in total. The van der Waals surface area contributed by atoms with Gasteiger partial charge < -0.3 is 4.98 Å². The molecular formula is C24H28N3O3S+. The molecule has 0 spiro atoms. The van der Waals surface area contributed by atoms with E-state index in [-0.39, 0.29) is 6.42 Å². The zero-order chi connectivity index (χ0) is 22.2. The third kappa shape index (κ3) is 4.42. The molecule has 0 aliphatic heterocycles. The molecule has 7 heteroatoms. The zero-order valence-electron chi connectivity index (χ0n) is 18.2. The molecule has 6 nitrogen and oxygen atoms in total. The number of benzene rings is 2. The number of para-hydroxylation sites is 1. The van der Waals surface area contributed by atoms with Gasteiger partial charge in [0.2, 0.25) is 15.9 Å². The first-order chi connectivity index (χ1) is 14.7. The number of carbonyl (C=O) groups is 1. The Hall–Kier alpha value is -2.93. The maximum Gasteiger partial charge on any atom is 0.233 e. The maximum atomic E-state index is 11.6. The number of sulfonamides is 1. The predicted molar refractivity (Wildman–Crippen MR) is 124 cm³/mol. The molecule has 4 rings (SSSR count). The maximum absolute atomic E-state index is 11.6. The van der Waals surface area contributed by atoms with Crippen molar-refractivity contribution in [3.63, 3.8) is 0 Å². The summed E-state index contributed by atoms with van der Waals surface area (Å²) in [5, 5.41) is 5.05. The number of hydrogen-bond donors (Lipinski definition) is 2. The Morgan fingerprint density at radius 2 is 1.77 bits per heavy atom. The molecule has 0 unspecified atom stereocenters. The lowest BCUT2D eigenvalue weighted by Crippen LogP contribution is -2.32. The quantitative estimate of drug-likeness (QED) is 0.338. The molecule has 0 aliphatic carbocycles. The molecular weight excluding hydrogens is 410 g/mol. The molecule has 0 atom stereocenters. The number of aryl methyl sites for hydroxylation is 3. The van der Waals surface area contributed by atoms with Gasteiger partial charge in [-0.2, -0.15) is 0 Å². The monoisotopic (exact) mass is 438 g/mol. The minimum Gasteiger partial charge on any atom is -0.354 e. The van der Waals surface area contributed by atoms with Crippen LogP contribution in [0.1, 0.15) is 36.8 Å². The van der Waals surface area contributed by atoms with E-state index in [2.05, 4.69) is 66.1 Å². The molecule has 2 heterocycles. The highest BCUT2D eigenvalue weighted by molar-refractivity contribution is 7.89. The summed E-state index contributed by atoms with van der Waals surface area (Å²) in [7, 11) is -3.47. The van der Waals surface area contributed by atoms with Gasteiger partial charge in [0.05, 0.1) is 11.8 Å². The average Bonchev–Trinajstić information content (AvgIpc) is 3.10. The van der Waals surface area contributed by atoms with Gasteiger partial charge in [0.15, 0.2) is 12.4 Å². The van der Waals surface area contributed by atoms with Crippen molar-refractivity contribution in [3.05, 3.63) is 53.9 Å². The Morgan fingerprint density at radius 3 is 2.55 bits per heavy atom. The van der Waals surface area contributed by atoms with E-state index < -0.39 is 15.9 Å². The van der Waals surface area contributed by atoms with Crippen LogP contribution in [0.5, 0.6) is 0 Å². The number of pyridine rings is 1. The van der Waals surface area contributed by atoms with Crippen molar-refractivity contribution in [3.8, 4) is 0 Å². The van der Waals surface area contributed by atoms with E-state index in [9.17, 15) is 13.2 Å². The highest BCUT2D eigenvalue weighted by atomic mass is 32.2. The molecule has 0 aliphatic rings. The summed E-state index contributed by atoms with van der Waals surface area (Å²) < 4.78 is 26.4. The van der Waals surface area contributed by atoms with Gasteiger partial charge in [-0.3, -0.25) is 9.52 Å². The van der Waals surface area contributed by atoms with Gasteiger partial charge in [-0.05, 0) is 49.3 Å². The molecule has 31 heavy (non-hydrogen) atoms. The number of carbonyl (C=O) groups excluding carboxylic acids is 1. The van der Waals surface area contributed by atoms with Crippen molar-refractivity contribution in [2.75, 3.05) is 6.26 Å². The number of rotatable bonds is 7. The van der Waals surface area contributed by atoms with E-state index in [0.29, 0.717) is 6.42 Å². The summed E-state index contributed by atoms with van der Waals surface area (Å²) in [6, 6.07) is 10.6. The van der Waals surface area contributed by atoms with E-state index >= 15 is 0 Å². The third-order valence-corrected chi connectivity index (χ3v) is 6.50. The van der Waals surface area contributed by atoms with Crippen LogP contribution in [0.15, 0.2) is 42.7 Å². The van der Waals surface area contributed by atoms with E-state index in [1.54, 1.807) is 0 Å². The van der Waals surface area contributed by atoms with Crippen molar-refractivity contribution in [2.24, 2.45) is 0 Å². The summed E-state index contributed by atoms with van der Waals surface area (Å²) in [4.78, 5) is 15.2. The summed E-state index contributed by atoms with van der Waals surface area (Å²) in [6.45, 7) is 5.22. The summed E-state index contributed by atoms with van der Waals surface area (Å²) in [5.74, 6) is -0.435. The first-order valence-electron chi connectivity index (χ1n) is 10.6. The van der Waals surface area contributed by atoms with Crippen LogP contribution in [-0.4, -0.2) is 25.6 Å². The van der Waals surface area contributed by atoms with Crippen LogP contribution >= 0.6 is 0 Å². The number of amides is 1. The summed E-state index contributed by atoms with van der Waals surface area (Å²) >= 11 is 0. The topological polar surface area (TPSA) is 82.9 Å². The minimum atomic E-state index is -3.47.